The first-order valence-corrected chi connectivity index (χ1v) is 8.73. The first-order valence-electron chi connectivity index (χ1n) is 8.73. The monoisotopic (exact) mass is 340 g/mol. The van der Waals surface area contributed by atoms with E-state index in [0.29, 0.717) is 30.0 Å². The van der Waals surface area contributed by atoms with E-state index in [9.17, 15) is 4.79 Å². The number of carbonyl (C=O) groups excluding carboxylic acids is 1. The minimum Gasteiger partial charge on any atom is -0.368 e. The van der Waals surface area contributed by atoms with E-state index in [1.807, 2.05) is 32.9 Å². The molecule has 0 saturated carbocycles. The lowest BCUT2D eigenvalue weighted by Crippen LogP contribution is -2.32. The van der Waals surface area contributed by atoms with E-state index in [0.717, 1.165) is 5.56 Å². The summed E-state index contributed by atoms with van der Waals surface area (Å²) in [7, 11) is 0. The van der Waals surface area contributed by atoms with Gasteiger partial charge < -0.3 is 10.6 Å². The minimum absolute atomic E-state index is 0.0580. The number of nitrogens with two attached hydrogens (primary N) is 1. The van der Waals surface area contributed by atoms with Gasteiger partial charge >= 0.3 is 0 Å². The molecule has 5 heteroatoms. The molecule has 25 heavy (non-hydrogen) atoms. The molecule has 0 saturated heterocycles. The zero-order valence-corrected chi connectivity index (χ0v) is 16.1. The van der Waals surface area contributed by atoms with Crippen molar-refractivity contribution in [1.82, 2.24) is 14.9 Å². The Labute approximate surface area is 150 Å². The van der Waals surface area contributed by atoms with Gasteiger partial charge in [0, 0.05) is 18.7 Å². The summed E-state index contributed by atoms with van der Waals surface area (Å²) >= 11 is 0. The molecule has 2 N–H and O–H groups in total. The number of nitrogens with zero attached hydrogens (tertiary/aromatic N) is 3. The van der Waals surface area contributed by atoms with Gasteiger partial charge in [-0.1, -0.05) is 45.0 Å². The molecule has 0 aliphatic rings. The van der Waals surface area contributed by atoms with Crippen molar-refractivity contribution in [2.45, 2.75) is 47.0 Å². The number of rotatable bonds is 4. The van der Waals surface area contributed by atoms with Crippen LogP contribution in [-0.4, -0.2) is 33.9 Å². The average Bonchev–Trinajstić information content (AvgIpc) is 2.54. The lowest BCUT2D eigenvalue weighted by atomic mass is 9.86. The van der Waals surface area contributed by atoms with E-state index in [4.69, 9.17) is 5.73 Å². The summed E-state index contributed by atoms with van der Waals surface area (Å²) in [5, 5.41) is 0. The van der Waals surface area contributed by atoms with Crippen molar-refractivity contribution in [2.24, 2.45) is 0 Å². The van der Waals surface area contributed by atoms with E-state index < -0.39 is 0 Å². The number of amides is 1. The summed E-state index contributed by atoms with van der Waals surface area (Å²) in [5.41, 5.74) is 9.77. The molecular formula is C20H28N4O. The number of anilines is 1. The van der Waals surface area contributed by atoms with Gasteiger partial charge in [0.05, 0.1) is 17.0 Å². The van der Waals surface area contributed by atoms with Crippen molar-refractivity contribution < 1.29 is 4.79 Å². The Balaban J connectivity index is 2.59. The van der Waals surface area contributed by atoms with Crippen molar-refractivity contribution in [1.29, 1.82) is 0 Å². The largest absolute Gasteiger partial charge is 0.368 e. The van der Waals surface area contributed by atoms with Crippen LogP contribution in [0.4, 0.5) is 5.95 Å². The molecule has 0 fully saturated rings. The van der Waals surface area contributed by atoms with Crippen molar-refractivity contribution in [3.63, 3.8) is 0 Å². The second kappa shape index (κ2) is 7.21. The van der Waals surface area contributed by atoms with Crippen LogP contribution in [0.3, 0.4) is 0 Å². The van der Waals surface area contributed by atoms with Gasteiger partial charge in [-0.25, -0.2) is 9.97 Å². The van der Waals surface area contributed by atoms with Crippen LogP contribution >= 0.6 is 0 Å². The van der Waals surface area contributed by atoms with Crippen LogP contribution in [0.5, 0.6) is 0 Å². The Morgan fingerprint density at radius 3 is 2.12 bits per heavy atom. The van der Waals surface area contributed by atoms with Gasteiger partial charge in [-0.3, -0.25) is 4.79 Å². The van der Waals surface area contributed by atoms with E-state index in [1.165, 1.54) is 5.56 Å². The van der Waals surface area contributed by atoms with Crippen molar-refractivity contribution in [3.05, 3.63) is 41.1 Å². The van der Waals surface area contributed by atoms with E-state index in [1.54, 1.807) is 4.90 Å². The van der Waals surface area contributed by atoms with Gasteiger partial charge in [0.1, 0.15) is 0 Å². The maximum absolute atomic E-state index is 13.0. The SMILES string of the molecule is CCN(CC)C(=O)c1c(C)nc(N)nc1-c1ccc(C(C)(C)C)cc1. The normalized spacial score (nSPS) is 11.4. The molecular weight excluding hydrogens is 312 g/mol. The van der Waals surface area contributed by atoms with Gasteiger partial charge in [-0.2, -0.15) is 0 Å². The fourth-order valence-corrected chi connectivity index (χ4v) is 2.86. The van der Waals surface area contributed by atoms with E-state index in [-0.39, 0.29) is 17.3 Å². The Hall–Kier alpha value is -2.43. The maximum atomic E-state index is 13.0. The second-order valence-electron chi connectivity index (χ2n) is 7.20. The summed E-state index contributed by atoms with van der Waals surface area (Å²) in [6, 6.07) is 8.16. The van der Waals surface area contributed by atoms with Crippen LogP contribution in [-0.2, 0) is 5.41 Å². The van der Waals surface area contributed by atoms with Crippen molar-refractivity contribution in [3.8, 4) is 11.3 Å². The topological polar surface area (TPSA) is 72.1 Å². The highest BCUT2D eigenvalue weighted by atomic mass is 16.2. The molecule has 5 nitrogen and oxygen atoms in total. The second-order valence-corrected chi connectivity index (χ2v) is 7.20. The highest BCUT2D eigenvalue weighted by Gasteiger charge is 2.23. The minimum atomic E-state index is -0.0580. The third-order valence-electron chi connectivity index (χ3n) is 4.40. The standard InChI is InChI=1S/C20H28N4O/c1-7-24(8-2)18(25)16-13(3)22-19(21)23-17(16)14-9-11-15(12-10-14)20(4,5)6/h9-12H,7-8H2,1-6H3,(H2,21,22,23). The fraction of sp³-hybridized carbons (Fsp3) is 0.450. The number of carbonyl (C=O) groups is 1. The molecule has 0 spiro atoms. The Bertz CT molecular complexity index is 757. The lowest BCUT2D eigenvalue weighted by Gasteiger charge is -2.22. The molecule has 2 rings (SSSR count). The molecule has 0 atom stereocenters. The molecule has 0 radical (unpaired) electrons. The zero-order chi connectivity index (χ0) is 18.8. The molecule has 1 heterocycles. The molecule has 0 bridgehead atoms. The van der Waals surface area contributed by atoms with Crippen LogP contribution in [0, 0.1) is 6.92 Å². The maximum Gasteiger partial charge on any atom is 0.257 e. The van der Waals surface area contributed by atoms with Gasteiger partial charge in [0.2, 0.25) is 5.95 Å². The molecule has 2 aromatic rings. The van der Waals surface area contributed by atoms with Gasteiger partial charge in [0.25, 0.3) is 5.91 Å². The fourth-order valence-electron chi connectivity index (χ4n) is 2.86. The smallest absolute Gasteiger partial charge is 0.257 e. The van der Waals surface area contributed by atoms with Crippen LogP contribution < -0.4 is 5.73 Å². The van der Waals surface area contributed by atoms with E-state index >= 15 is 0 Å². The first-order chi connectivity index (χ1) is 11.7. The third-order valence-corrected chi connectivity index (χ3v) is 4.40. The summed E-state index contributed by atoms with van der Waals surface area (Å²) in [4.78, 5) is 23.3. The third kappa shape index (κ3) is 3.98. The number of aromatic nitrogens is 2. The Morgan fingerprint density at radius 2 is 1.64 bits per heavy atom. The summed E-state index contributed by atoms with van der Waals surface area (Å²) < 4.78 is 0. The predicted octanol–water partition coefficient (Wildman–Crippen LogP) is 3.81. The first kappa shape index (κ1) is 18.9. The molecule has 1 aromatic carbocycles. The molecule has 0 aliphatic carbocycles. The summed E-state index contributed by atoms with van der Waals surface area (Å²) in [5.74, 6) is 0.126. The lowest BCUT2D eigenvalue weighted by molar-refractivity contribution is 0.0772. The van der Waals surface area contributed by atoms with E-state index in [2.05, 4.69) is 42.9 Å². The number of hydrogen-bond donors (Lipinski definition) is 1. The number of benzene rings is 1. The summed E-state index contributed by atoms with van der Waals surface area (Å²) in [6.45, 7) is 13.5. The molecule has 1 aromatic heterocycles. The highest BCUT2D eigenvalue weighted by molar-refractivity contribution is 6.01. The van der Waals surface area contributed by atoms with Crippen LogP contribution in [0.15, 0.2) is 24.3 Å². The molecule has 0 unspecified atom stereocenters. The zero-order valence-electron chi connectivity index (χ0n) is 16.1. The highest BCUT2D eigenvalue weighted by Crippen LogP contribution is 2.29. The van der Waals surface area contributed by atoms with Gasteiger partial charge in [-0.05, 0) is 31.7 Å². The van der Waals surface area contributed by atoms with Crippen LogP contribution in [0.2, 0.25) is 0 Å². The van der Waals surface area contributed by atoms with Crippen LogP contribution in [0.1, 0.15) is 56.2 Å². The van der Waals surface area contributed by atoms with Gasteiger partial charge in [0.15, 0.2) is 0 Å². The molecule has 1 amide bonds. The quantitative estimate of drug-likeness (QED) is 0.918. The van der Waals surface area contributed by atoms with Gasteiger partial charge in [-0.15, -0.1) is 0 Å². The van der Waals surface area contributed by atoms with Crippen molar-refractivity contribution in [2.75, 3.05) is 18.8 Å². The average molecular weight is 340 g/mol. The Morgan fingerprint density at radius 1 is 1.08 bits per heavy atom. The number of hydrogen-bond acceptors (Lipinski definition) is 4. The predicted molar refractivity (Wildman–Crippen MR) is 103 cm³/mol. The number of nitrogen functional groups attached to an aromatic ring is 1. The van der Waals surface area contributed by atoms with Crippen LogP contribution in [0.25, 0.3) is 11.3 Å². The Kier molecular flexibility index (Phi) is 5.45. The molecule has 0 aliphatic heterocycles. The van der Waals surface area contributed by atoms with Crippen molar-refractivity contribution >= 4 is 11.9 Å². The summed E-state index contributed by atoms with van der Waals surface area (Å²) in [6.07, 6.45) is 0. The number of aryl methyl sites for hydroxylation is 1. The molecule has 134 valence electrons.